The fraction of sp³-hybridized carbons (Fsp3) is 0.400. The van der Waals surface area contributed by atoms with Crippen molar-refractivity contribution in [3.8, 4) is 0 Å². The maximum absolute atomic E-state index is 11.4. The highest BCUT2D eigenvalue weighted by Gasteiger charge is 2.21. The van der Waals surface area contributed by atoms with E-state index in [2.05, 4.69) is 0 Å². The first-order chi connectivity index (χ1) is 7.23. The number of sulfone groups is 1. The van der Waals surface area contributed by atoms with Crippen LogP contribution < -0.4 is 0 Å². The van der Waals surface area contributed by atoms with Crippen LogP contribution in [0.15, 0.2) is 18.2 Å². The molecular weight excluding hydrogens is 230 g/mol. The second-order valence-electron chi connectivity index (χ2n) is 3.77. The van der Waals surface area contributed by atoms with Crippen LogP contribution in [0.4, 0.5) is 5.69 Å². The molecule has 88 valence electrons. The van der Waals surface area contributed by atoms with Gasteiger partial charge in [-0.25, -0.2) is 8.42 Å². The SMILES string of the molecule is Cc1ccc([N+](=O)[O-])cc1[C@H](C)S(C)(=O)=O. The number of non-ortho nitro benzene ring substituents is 1. The minimum absolute atomic E-state index is 0.0869. The monoisotopic (exact) mass is 243 g/mol. The summed E-state index contributed by atoms with van der Waals surface area (Å²) < 4.78 is 22.8. The van der Waals surface area contributed by atoms with Crippen molar-refractivity contribution in [2.45, 2.75) is 19.1 Å². The van der Waals surface area contributed by atoms with Crippen molar-refractivity contribution in [1.82, 2.24) is 0 Å². The number of hydrogen-bond acceptors (Lipinski definition) is 4. The number of rotatable bonds is 3. The highest BCUT2D eigenvalue weighted by molar-refractivity contribution is 7.90. The topological polar surface area (TPSA) is 77.3 Å². The molecule has 0 aromatic heterocycles. The van der Waals surface area contributed by atoms with E-state index in [1.54, 1.807) is 13.0 Å². The lowest BCUT2D eigenvalue weighted by atomic mass is 10.1. The summed E-state index contributed by atoms with van der Waals surface area (Å²) in [6.45, 7) is 3.27. The summed E-state index contributed by atoms with van der Waals surface area (Å²) in [5.74, 6) is 0. The van der Waals surface area contributed by atoms with E-state index in [-0.39, 0.29) is 5.69 Å². The van der Waals surface area contributed by atoms with Gasteiger partial charge in [0, 0.05) is 18.4 Å². The molecule has 0 heterocycles. The Hall–Kier alpha value is -1.43. The van der Waals surface area contributed by atoms with E-state index < -0.39 is 20.0 Å². The van der Waals surface area contributed by atoms with E-state index >= 15 is 0 Å². The van der Waals surface area contributed by atoms with Gasteiger partial charge in [0.25, 0.3) is 5.69 Å². The standard InChI is InChI=1S/C10H13NO4S/c1-7-4-5-9(11(12)13)6-10(7)8(2)16(3,14)15/h4-6,8H,1-3H3/t8-/m0/s1. The Morgan fingerprint density at radius 2 is 1.94 bits per heavy atom. The van der Waals surface area contributed by atoms with Gasteiger partial charge in [-0.2, -0.15) is 0 Å². The van der Waals surface area contributed by atoms with Gasteiger partial charge in [-0.15, -0.1) is 0 Å². The quantitative estimate of drug-likeness (QED) is 0.601. The Morgan fingerprint density at radius 3 is 2.38 bits per heavy atom. The molecule has 0 saturated carbocycles. The lowest BCUT2D eigenvalue weighted by Gasteiger charge is -2.12. The van der Waals surface area contributed by atoms with Crippen molar-refractivity contribution in [3.05, 3.63) is 39.4 Å². The van der Waals surface area contributed by atoms with Crippen molar-refractivity contribution in [2.24, 2.45) is 0 Å². The lowest BCUT2D eigenvalue weighted by Crippen LogP contribution is -2.09. The van der Waals surface area contributed by atoms with Gasteiger partial charge in [-0.3, -0.25) is 10.1 Å². The van der Waals surface area contributed by atoms with Gasteiger partial charge in [-0.1, -0.05) is 6.07 Å². The molecule has 0 unspecified atom stereocenters. The molecule has 1 aromatic carbocycles. The minimum Gasteiger partial charge on any atom is -0.258 e. The lowest BCUT2D eigenvalue weighted by molar-refractivity contribution is -0.384. The smallest absolute Gasteiger partial charge is 0.258 e. The predicted octanol–water partition coefficient (Wildman–Crippen LogP) is 2.01. The molecule has 0 aliphatic heterocycles. The van der Waals surface area contributed by atoms with Gasteiger partial charge >= 0.3 is 0 Å². The van der Waals surface area contributed by atoms with Crippen LogP contribution in [0, 0.1) is 17.0 Å². The van der Waals surface area contributed by atoms with Crippen LogP contribution in [-0.4, -0.2) is 19.6 Å². The molecule has 0 saturated heterocycles. The van der Waals surface area contributed by atoms with Gasteiger partial charge in [0.05, 0.1) is 10.2 Å². The molecule has 0 radical (unpaired) electrons. The van der Waals surface area contributed by atoms with E-state index in [0.717, 1.165) is 11.8 Å². The second-order valence-corrected chi connectivity index (χ2v) is 6.14. The van der Waals surface area contributed by atoms with E-state index in [4.69, 9.17) is 0 Å². The van der Waals surface area contributed by atoms with E-state index in [0.29, 0.717) is 5.56 Å². The van der Waals surface area contributed by atoms with Gasteiger partial charge in [0.15, 0.2) is 9.84 Å². The summed E-state index contributed by atoms with van der Waals surface area (Å²) in [7, 11) is -3.24. The van der Waals surface area contributed by atoms with Gasteiger partial charge in [0.1, 0.15) is 0 Å². The molecule has 0 aliphatic carbocycles. The van der Waals surface area contributed by atoms with Crippen molar-refractivity contribution < 1.29 is 13.3 Å². The van der Waals surface area contributed by atoms with Crippen LogP contribution in [0.25, 0.3) is 0 Å². The minimum atomic E-state index is -3.24. The first-order valence-corrected chi connectivity index (χ1v) is 6.62. The molecule has 5 nitrogen and oxygen atoms in total. The first-order valence-electron chi connectivity index (χ1n) is 4.67. The summed E-state index contributed by atoms with van der Waals surface area (Å²) in [6, 6.07) is 4.25. The zero-order valence-corrected chi connectivity index (χ0v) is 10.1. The maximum atomic E-state index is 11.4. The number of nitro groups is 1. The summed E-state index contributed by atoms with van der Waals surface area (Å²) in [5, 5.41) is 9.86. The first kappa shape index (κ1) is 12.6. The van der Waals surface area contributed by atoms with Gasteiger partial charge < -0.3 is 0 Å². The van der Waals surface area contributed by atoms with Crippen molar-refractivity contribution in [2.75, 3.05) is 6.26 Å². The fourth-order valence-electron chi connectivity index (χ4n) is 1.41. The molecule has 1 atom stereocenters. The van der Waals surface area contributed by atoms with Crippen LogP contribution in [0.3, 0.4) is 0 Å². The Morgan fingerprint density at radius 1 is 1.38 bits per heavy atom. The van der Waals surface area contributed by atoms with E-state index in [1.807, 2.05) is 0 Å². The summed E-state index contributed by atoms with van der Waals surface area (Å²) in [4.78, 5) is 10.1. The fourth-order valence-corrected chi connectivity index (χ4v) is 2.13. The Kier molecular flexibility index (Phi) is 3.32. The number of benzene rings is 1. The zero-order valence-electron chi connectivity index (χ0n) is 9.30. The average molecular weight is 243 g/mol. The van der Waals surface area contributed by atoms with E-state index in [1.165, 1.54) is 19.1 Å². The maximum Gasteiger partial charge on any atom is 0.269 e. The summed E-state index contributed by atoms with van der Waals surface area (Å²) in [6.07, 6.45) is 1.12. The highest BCUT2D eigenvalue weighted by atomic mass is 32.2. The van der Waals surface area contributed by atoms with Crippen molar-refractivity contribution in [1.29, 1.82) is 0 Å². The van der Waals surface area contributed by atoms with Crippen LogP contribution in [-0.2, 0) is 9.84 Å². The number of hydrogen-bond donors (Lipinski definition) is 0. The van der Waals surface area contributed by atoms with E-state index in [9.17, 15) is 18.5 Å². The van der Waals surface area contributed by atoms with Crippen molar-refractivity contribution >= 4 is 15.5 Å². The molecule has 0 bridgehead atoms. The second kappa shape index (κ2) is 4.21. The summed E-state index contributed by atoms with van der Waals surface area (Å²) in [5.41, 5.74) is 1.14. The molecule has 1 rings (SSSR count). The summed E-state index contributed by atoms with van der Waals surface area (Å²) >= 11 is 0. The van der Waals surface area contributed by atoms with Crippen LogP contribution in [0.5, 0.6) is 0 Å². The number of nitro benzene ring substituents is 1. The van der Waals surface area contributed by atoms with Gasteiger partial charge in [-0.05, 0) is 25.0 Å². The largest absolute Gasteiger partial charge is 0.269 e. The average Bonchev–Trinajstić information content (AvgIpc) is 2.15. The molecule has 0 fully saturated rings. The zero-order chi connectivity index (χ0) is 12.5. The molecule has 1 aromatic rings. The predicted molar refractivity (Wildman–Crippen MR) is 61.1 cm³/mol. The van der Waals surface area contributed by atoms with Crippen LogP contribution >= 0.6 is 0 Å². The molecular formula is C10H13NO4S. The number of nitrogens with zero attached hydrogens (tertiary/aromatic N) is 1. The molecule has 0 spiro atoms. The van der Waals surface area contributed by atoms with Gasteiger partial charge in [0.2, 0.25) is 0 Å². The van der Waals surface area contributed by atoms with Crippen LogP contribution in [0.1, 0.15) is 23.3 Å². The van der Waals surface area contributed by atoms with Crippen molar-refractivity contribution in [3.63, 3.8) is 0 Å². The molecule has 16 heavy (non-hydrogen) atoms. The molecule has 0 amide bonds. The third-order valence-electron chi connectivity index (χ3n) is 2.55. The molecule has 0 aliphatic rings. The Labute approximate surface area is 94.2 Å². The highest BCUT2D eigenvalue weighted by Crippen LogP contribution is 2.27. The third kappa shape index (κ3) is 2.57. The van der Waals surface area contributed by atoms with Crippen LogP contribution in [0.2, 0.25) is 0 Å². The Balaban J connectivity index is 3.33. The third-order valence-corrected chi connectivity index (χ3v) is 4.09. The number of aryl methyl sites for hydroxylation is 1. The molecule has 6 heteroatoms. The Bertz CT molecular complexity index is 522. The normalized spacial score (nSPS) is 13.4. The molecule has 0 N–H and O–H groups in total.